The van der Waals surface area contributed by atoms with Crippen molar-refractivity contribution in [3.8, 4) is 0 Å². The van der Waals surface area contributed by atoms with Gasteiger partial charge in [0.15, 0.2) is 5.82 Å². The number of hydrogen-bond acceptors (Lipinski definition) is 3. The van der Waals surface area contributed by atoms with Crippen LogP contribution in [0, 0.1) is 0 Å². The van der Waals surface area contributed by atoms with Crippen LogP contribution in [0.1, 0.15) is 18.4 Å². The van der Waals surface area contributed by atoms with E-state index in [0.717, 1.165) is 10.0 Å². The summed E-state index contributed by atoms with van der Waals surface area (Å²) < 4.78 is 0.993. The Kier molecular flexibility index (Phi) is 4.04. The van der Waals surface area contributed by atoms with E-state index in [1.165, 1.54) is 6.20 Å². The van der Waals surface area contributed by atoms with Crippen LogP contribution in [-0.2, 0) is 4.79 Å². The van der Waals surface area contributed by atoms with Crippen LogP contribution in [0.2, 0.25) is 0 Å². The first-order valence-electron chi connectivity index (χ1n) is 5.49. The minimum atomic E-state index is -0.236. The Bertz CT molecular complexity index is 528. The summed E-state index contributed by atoms with van der Waals surface area (Å²) in [6.07, 6.45) is 4.62. The topological polar surface area (TPSA) is 54.9 Å². The van der Waals surface area contributed by atoms with Gasteiger partial charge in [-0.05, 0) is 24.6 Å². The highest BCUT2D eigenvalue weighted by molar-refractivity contribution is 9.10. The van der Waals surface area contributed by atoms with E-state index >= 15 is 0 Å². The van der Waals surface area contributed by atoms with Crippen molar-refractivity contribution >= 4 is 27.7 Å². The quantitative estimate of drug-likeness (QED) is 0.948. The van der Waals surface area contributed by atoms with Crippen LogP contribution < -0.4 is 5.32 Å². The molecule has 1 amide bonds. The molecular weight excluding hydrogens is 294 g/mol. The summed E-state index contributed by atoms with van der Waals surface area (Å²) in [6.45, 7) is 1.86. The van der Waals surface area contributed by atoms with Crippen LogP contribution in [0.4, 0.5) is 5.82 Å². The molecule has 0 spiro atoms. The van der Waals surface area contributed by atoms with Crippen LogP contribution >= 0.6 is 15.9 Å². The van der Waals surface area contributed by atoms with Crippen molar-refractivity contribution in [3.05, 3.63) is 52.9 Å². The van der Waals surface area contributed by atoms with Crippen molar-refractivity contribution in [3.63, 3.8) is 0 Å². The maximum absolute atomic E-state index is 12.0. The van der Waals surface area contributed by atoms with Gasteiger partial charge in [-0.15, -0.1) is 0 Å². The molecule has 1 aromatic carbocycles. The molecule has 1 aromatic heterocycles. The first-order chi connectivity index (χ1) is 8.66. The number of halogens is 1. The van der Waals surface area contributed by atoms with E-state index in [4.69, 9.17) is 0 Å². The fourth-order valence-corrected chi connectivity index (χ4v) is 1.77. The van der Waals surface area contributed by atoms with Gasteiger partial charge in [0.2, 0.25) is 5.91 Å². The van der Waals surface area contributed by atoms with Gasteiger partial charge in [0, 0.05) is 16.9 Å². The summed E-state index contributed by atoms with van der Waals surface area (Å²) in [7, 11) is 0. The summed E-state index contributed by atoms with van der Waals surface area (Å²) in [6, 6.07) is 7.68. The fourth-order valence-electron chi connectivity index (χ4n) is 1.50. The van der Waals surface area contributed by atoms with Gasteiger partial charge in [-0.1, -0.05) is 28.1 Å². The monoisotopic (exact) mass is 305 g/mol. The molecule has 2 aromatic rings. The number of amides is 1. The molecule has 1 atom stereocenters. The van der Waals surface area contributed by atoms with Gasteiger partial charge in [-0.25, -0.2) is 4.98 Å². The Balaban J connectivity index is 2.07. The normalized spacial score (nSPS) is 11.9. The van der Waals surface area contributed by atoms with Gasteiger partial charge >= 0.3 is 0 Å². The number of nitrogens with zero attached hydrogens (tertiary/aromatic N) is 2. The molecule has 5 heteroatoms. The number of carbonyl (C=O) groups excluding carboxylic acids is 1. The van der Waals surface area contributed by atoms with Crippen LogP contribution in [0.15, 0.2) is 47.3 Å². The lowest BCUT2D eigenvalue weighted by atomic mass is 10.0. The predicted molar refractivity (Wildman–Crippen MR) is 73.2 cm³/mol. The summed E-state index contributed by atoms with van der Waals surface area (Å²) in [4.78, 5) is 19.9. The third kappa shape index (κ3) is 3.13. The highest BCUT2D eigenvalue weighted by Crippen LogP contribution is 2.19. The number of aromatic nitrogens is 2. The van der Waals surface area contributed by atoms with E-state index in [0.29, 0.717) is 5.82 Å². The van der Waals surface area contributed by atoms with Crippen LogP contribution in [0.5, 0.6) is 0 Å². The number of hydrogen-bond donors (Lipinski definition) is 1. The van der Waals surface area contributed by atoms with Crippen LogP contribution in [0.3, 0.4) is 0 Å². The maximum Gasteiger partial charge on any atom is 0.232 e. The Morgan fingerprint density at radius 1 is 1.28 bits per heavy atom. The van der Waals surface area contributed by atoms with E-state index in [-0.39, 0.29) is 11.8 Å². The second-order valence-corrected chi connectivity index (χ2v) is 4.77. The van der Waals surface area contributed by atoms with Gasteiger partial charge in [0.1, 0.15) is 0 Å². The lowest BCUT2D eigenvalue weighted by Gasteiger charge is -2.11. The van der Waals surface area contributed by atoms with Gasteiger partial charge in [-0.2, -0.15) is 0 Å². The first-order valence-corrected chi connectivity index (χ1v) is 6.28. The molecule has 0 aliphatic carbocycles. The summed E-state index contributed by atoms with van der Waals surface area (Å²) in [5.41, 5.74) is 0.958. The van der Waals surface area contributed by atoms with Gasteiger partial charge in [0.25, 0.3) is 0 Å². The lowest BCUT2D eigenvalue weighted by Crippen LogP contribution is -2.19. The second-order valence-electron chi connectivity index (χ2n) is 3.85. The molecule has 0 saturated heterocycles. The number of anilines is 1. The zero-order valence-electron chi connectivity index (χ0n) is 9.80. The Hall–Kier alpha value is -1.75. The van der Waals surface area contributed by atoms with Crippen molar-refractivity contribution in [2.45, 2.75) is 12.8 Å². The Morgan fingerprint density at radius 3 is 2.61 bits per heavy atom. The molecule has 0 radical (unpaired) electrons. The minimum Gasteiger partial charge on any atom is -0.309 e. The molecule has 1 heterocycles. The third-order valence-electron chi connectivity index (χ3n) is 2.58. The molecule has 0 saturated carbocycles. The van der Waals surface area contributed by atoms with E-state index in [9.17, 15) is 4.79 Å². The van der Waals surface area contributed by atoms with Gasteiger partial charge in [-0.3, -0.25) is 9.78 Å². The second kappa shape index (κ2) is 5.73. The van der Waals surface area contributed by atoms with E-state index in [2.05, 4.69) is 31.2 Å². The van der Waals surface area contributed by atoms with E-state index in [1.807, 2.05) is 31.2 Å². The zero-order chi connectivity index (χ0) is 13.0. The van der Waals surface area contributed by atoms with Crippen molar-refractivity contribution < 1.29 is 4.79 Å². The molecule has 0 bridgehead atoms. The highest BCUT2D eigenvalue weighted by atomic mass is 79.9. The van der Waals surface area contributed by atoms with Gasteiger partial charge < -0.3 is 5.32 Å². The highest BCUT2D eigenvalue weighted by Gasteiger charge is 2.15. The standard InChI is InChI=1S/C13H12BrN3O/c1-9(10-2-4-11(14)5-3-10)13(18)17-12-8-15-6-7-16-12/h2-9H,1H3,(H,16,17,18)/t9-/m0/s1. The fraction of sp³-hybridized carbons (Fsp3) is 0.154. The molecule has 92 valence electrons. The SMILES string of the molecule is C[C@H](C(=O)Nc1cnccn1)c1ccc(Br)cc1. The molecule has 0 unspecified atom stereocenters. The smallest absolute Gasteiger partial charge is 0.232 e. The van der Waals surface area contributed by atoms with Crippen molar-refractivity contribution in [2.24, 2.45) is 0 Å². The zero-order valence-corrected chi connectivity index (χ0v) is 11.4. The van der Waals surface area contributed by atoms with Gasteiger partial charge in [0.05, 0.1) is 12.1 Å². The number of rotatable bonds is 3. The molecule has 1 N–H and O–H groups in total. The minimum absolute atomic E-state index is 0.0992. The molecule has 4 nitrogen and oxygen atoms in total. The number of carbonyl (C=O) groups is 1. The average molecular weight is 306 g/mol. The lowest BCUT2D eigenvalue weighted by molar-refractivity contribution is -0.117. The Morgan fingerprint density at radius 2 is 2.00 bits per heavy atom. The van der Waals surface area contributed by atoms with Crippen molar-refractivity contribution in [1.82, 2.24) is 9.97 Å². The molecule has 0 aliphatic heterocycles. The summed E-state index contributed by atoms with van der Waals surface area (Å²) >= 11 is 3.37. The number of nitrogens with one attached hydrogen (secondary N) is 1. The third-order valence-corrected chi connectivity index (χ3v) is 3.11. The summed E-state index contributed by atoms with van der Waals surface area (Å²) in [5.74, 6) is 0.129. The van der Waals surface area contributed by atoms with Crippen molar-refractivity contribution in [2.75, 3.05) is 5.32 Å². The van der Waals surface area contributed by atoms with E-state index < -0.39 is 0 Å². The average Bonchev–Trinajstić information content (AvgIpc) is 2.40. The van der Waals surface area contributed by atoms with Crippen LogP contribution in [-0.4, -0.2) is 15.9 Å². The number of benzene rings is 1. The molecule has 0 fully saturated rings. The Labute approximate surface area is 114 Å². The summed E-state index contributed by atoms with van der Waals surface area (Å²) in [5, 5.41) is 2.73. The van der Waals surface area contributed by atoms with Crippen LogP contribution in [0.25, 0.3) is 0 Å². The first kappa shape index (κ1) is 12.7. The van der Waals surface area contributed by atoms with E-state index in [1.54, 1.807) is 12.4 Å². The largest absolute Gasteiger partial charge is 0.309 e. The molecular formula is C13H12BrN3O. The van der Waals surface area contributed by atoms with Crippen molar-refractivity contribution in [1.29, 1.82) is 0 Å². The predicted octanol–water partition coefficient (Wildman–Crippen LogP) is 2.98. The maximum atomic E-state index is 12.0. The molecule has 18 heavy (non-hydrogen) atoms. The molecule has 2 rings (SSSR count). The molecule has 0 aliphatic rings.